The highest BCUT2D eigenvalue weighted by atomic mass is 32.1. The van der Waals surface area contributed by atoms with Crippen LogP contribution in [-0.4, -0.2) is 49.5 Å². The van der Waals surface area contributed by atoms with E-state index in [9.17, 15) is 9.50 Å². The largest absolute Gasteiger partial charge is 0.508 e. The Bertz CT molecular complexity index is 1310. The Labute approximate surface area is 214 Å². The molecule has 5 rings (SSSR count). The van der Waals surface area contributed by atoms with E-state index in [0.717, 1.165) is 57.3 Å². The average molecular weight is 508 g/mol. The Hall–Kier alpha value is -3.29. The minimum absolute atomic E-state index is 0.156. The van der Waals surface area contributed by atoms with Crippen molar-refractivity contribution in [3.8, 4) is 39.2 Å². The second kappa shape index (κ2) is 10.8. The molecule has 1 fully saturated rings. The summed E-state index contributed by atoms with van der Waals surface area (Å²) in [6, 6.07) is 21.0. The predicted molar refractivity (Wildman–Crippen MR) is 143 cm³/mol. The smallest absolute Gasteiger partial charge is 0.153 e. The van der Waals surface area contributed by atoms with Gasteiger partial charge in [0.05, 0.1) is 18.7 Å². The molecule has 0 bridgehead atoms. The van der Waals surface area contributed by atoms with Crippen molar-refractivity contribution >= 4 is 21.4 Å². The number of rotatable bonds is 9. The van der Waals surface area contributed by atoms with Crippen molar-refractivity contribution in [1.29, 1.82) is 0 Å². The summed E-state index contributed by atoms with van der Waals surface area (Å²) in [6.45, 7) is 4.16. The van der Waals surface area contributed by atoms with E-state index >= 15 is 0 Å². The number of ether oxygens (including phenoxy) is 3. The molecule has 36 heavy (non-hydrogen) atoms. The van der Waals surface area contributed by atoms with Gasteiger partial charge in [-0.1, -0.05) is 0 Å². The highest BCUT2D eigenvalue weighted by Crippen LogP contribution is 2.47. The van der Waals surface area contributed by atoms with E-state index in [1.165, 1.54) is 0 Å². The van der Waals surface area contributed by atoms with Crippen LogP contribution < -0.4 is 14.2 Å². The van der Waals surface area contributed by atoms with Gasteiger partial charge in [0, 0.05) is 28.6 Å². The topological polar surface area (TPSA) is 51.2 Å². The molecule has 1 N–H and O–H groups in total. The summed E-state index contributed by atoms with van der Waals surface area (Å²) in [6.07, 6.45) is 0.919. The van der Waals surface area contributed by atoms with Crippen LogP contribution in [0, 0.1) is 5.92 Å². The Balaban J connectivity index is 1.32. The highest BCUT2D eigenvalue weighted by molar-refractivity contribution is 7.22. The van der Waals surface area contributed by atoms with Gasteiger partial charge in [0.15, 0.2) is 5.75 Å². The fraction of sp³-hybridized carbons (Fsp3) is 0.310. The molecule has 0 spiro atoms. The molecule has 7 heteroatoms. The summed E-state index contributed by atoms with van der Waals surface area (Å²) in [4.78, 5) is 3.27. The number of phenolic OH excluding ortho intramolecular Hbond substituents is 1. The maximum atomic E-state index is 12.9. The van der Waals surface area contributed by atoms with E-state index in [4.69, 9.17) is 14.2 Å². The number of benzene rings is 3. The molecule has 0 amide bonds. The molecule has 2 heterocycles. The summed E-state index contributed by atoms with van der Waals surface area (Å²) < 4.78 is 31.6. The van der Waals surface area contributed by atoms with Gasteiger partial charge in [-0.3, -0.25) is 9.29 Å². The lowest BCUT2D eigenvalue weighted by atomic mass is 10.1. The van der Waals surface area contributed by atoms with Crippen LogP contribution in [0.1, 0.15) is 13.3 Å². The van der Waals surface area contributed by atoms with Gasteiger partial charge < -0.3 is 19.3 Å². The van der Waals surface area contributed by atoms with Gasteiger partial charge in [0.2, 0.25) is 0 Å². The van der Waals surface area contributed by atoms with Gasteiger partial charge in [-0.15, -0.1) is 11.3 Å². The molecule has 0 saturated carbocycles. The molecule has 4 aromatic rings. The van der Waals surface area contributed by atoms with E-state index < -0.39 is 0 Å². The molecule has 0 aliphatic carbocycles. The Morgan fingerprint density at radius 1 is 1.03 bits per heavy atom. The van der Waals surface area contributed by atoms with Crippen LogP contribution in [0.5, 0.6) is 28.7 Å². The summed E-state index contributed by atoms with van der Waals surface area (Å²) >= 11 is 1.57. The zero-order chi connectivity index (χ0) is 25.1. The Morgan fingerprint density at radius 3 is 2.44 bits per heavy atom. The van der Waals surface area contributed by atoms with E-state index in [0.29, 0.717) is 12.4 Å². The lowest BCUT2D eigenvalue weighted by Gasteiger charge is -2.24. The van der Waals surface area contributed by atoms with Crippen molar-refractivity contribution in [2.75, 3.05) is 33.5 Å². The first-order chi connectivity index (χ1) is 17.5. The maximum absolute atomic E-state index is 12.9. The summed E-state index contributed by atoms with van der Waals surface area (Å²) in [5.74, 6) is 3.38. The van der Waals surface area contributed by atoms with E-state index in [2.05, 4.69) is 11.8 Å². The number of methoxy groups -OCH3 is 1. The normalized spacial score (nSPS) is 16.8. The van der Waals surface area contributed by atoms with Crippen molar-refractivity contribution in [2.24, 2.45) is 5.92 Å². The van der Waals surface area contributed by atoms with Crippen molar-refractivity contribution in [3.63, 3.8) is 0 Å². The molecule has 1 aliphatic rings. The fourth-order valence-corrected chi connectivity index (χ4v) is 5.70. The molecule has 5 nitrogen and oxygen atoms in total. The second-order valence-electron chi connectivity index (χ2n) is 9.21. The number of likely N-dealkylation sites (tertiary alicyclic amines) is 1. The monoisotopic (exact) mass is 507 g/mol. The molecule has 188 valence electrons. The molecule has 1 aromatic heterocycles. The number of nitrogens with zero attached hydrogens (tertiary/aromatic N) is 1. The van der Waals surface area contributed by atoms with Gasteiger partial charge in [-0.05, 0) is 92.2 Å². The number of halogens is 1. The van der Waals surface area contributed by atoms with Gasteiger partial charge >= 0.3 is 0 Å². The Morgan fingerprint density at radius 2 is 1.75 bits per heavy atom. The van der Waals surface area contributed by atoms with Gasteiger partial charge in [0.25, 0.3) is 0 Å². The SMILES string of the molecule is COc1ccc(-c2sc3cc(O)ccc3c2Oc2ccc(OCC(C)N3CCC(CF)C3)cc2)cc1. The van der Waals surface area contributed by atoms with Crippen molar-refractivity contribution < 1.29 is 23.7 Å². The number of aromatic hydroxyl groups is 1. The van der Waals surface area contributed by atoms with Crippen molar-refractivity contribution in [1.82, 2.24) is 4.90 Å². The standard InChI is InChI=1S/C29H30FNO4S/c1-19(31-14-13-20(16-30)17-31)18-34-24-8-10-25(11-9-24)35-28-26-12-5-22(32)15-27(26)36-29(28)21-3-6-23(33-2)7-4-21/h3-12,15,19-20,32H,13-14,16-18H2,1-2H3. The third kappa shape index (κ3) is 5.27. The number of fused-ring (bicyclic) bond motifs is 1. The fourth-order valence-electron chi connectivity index (χ4n) is 4.53. The van der Waals surface area contributed by atoms with Crippen LogP contribution in [0.2, 0.25) is 0 Å². The van der Waals surface area contributed by atoms with Crippen LogP contribution in [0.4, 0.5) is 4.39 Å². The van der Waals surface area contributed by atoms with Crippen LogP contribution in [0.15, 0.2) is 66.7 Å². The van der Waals surface area contributed by atoms with Gasteiger partial charge in [-0.2, -0.15) is 0 Å². The quantitative estimate of drug-likeness (QED) is 0.261. The molecule has 1 aliphatic heterocycles. The second-order valence-corrected chi connectivity index (χ2v) is 10.3. The zero-order valence-electron chi connectivity index (χ0n) is 20.4. The van der Waals surface area contributed by atoms with Gasteiger partial charge in [0.1, 0.15) is 29.6 Å². The Kier molecular flexibility index (Phi) is 7.30. The molecule has 2 atom stereocenters. The minimum atomic E-state index is -0.244. The third-order valence-electron chi connectivity index (χ3n) is 6.67. The van der Waals surface area contributed by atoms with Crippen LogP contribution in [-0.2, 0) is 0 Å². The lowest BCUT2D eigenvalue weighted by Crippen LogP contribution is -2.35. The molecule has 1 saturated heterocycles. The van der Waals surface area contributed by atoms with Crippen LogP contribution in [0.3, 0.4) is 0 Å². The first kappa shape index (κ1) is 24.4. The summed E-state index contributed by atoms with van der Waals surface area (Å²) in [5.41, 5.74) is 1.01. The summed E-state index contributed by atoms with van der Waals surface area (Å²) in [5, 5.41) is 10.9. The number of hydrogen-bond acceptors (Lipinski definition) is 6. The zero-order valence-corrected chi connectivity index (χ0v) is 21.3. The van der Waals surface area contributed by atoms with E-state index in [1.807, 2.05) is 54.6 Å². The average Bonchev–Trinajstić information content (AvgIpc) is 3.53. The van der Waals surface area contributed by atoms with Crippen LogP contribution >= 0.6 is 11.3 Å². The third-order valence-corrected chi connectivity index (χ3v) is 7.86. The van der Waals surface area contributed by atoms with Crippen LogP contribution in [0.25, 0.3) is 20.5 Å². The molecular formula is C29H30FNO4S. The van der Waals surface area contributed by atoms with Crippen molar-refractivity contribution in [2.45, 2.75) is 19.4 Å². The number of phenols is 1. The molecule has 2 unspecified atom stereocenters. The predicted octanol–water partition coefficient (Wildman–Crippen LogP) is 7.13. The van der Waals surface area contributed by atoms with E-state index in [1.54, 1.807) is 30.6 Å². The summed E-state index contributed by atoms with van der Waals surface area (Å²) in [7, 11) is 1.65. The minimum Gasteiger partial charge on any atom is -0.508 e. The number of thiophene rings is 1. The van der Waals surface area contributed by atoms with E-state index in [-0.39, 0.29) is 24.4 Å². The lowest BCUT2D eigenvalue weighted by molar-refractivity contribution is 0.165. The number of hydrogen-bond donors (Lipinski definition) is 1. The van der Waals surface area contributed by atoms with Gasteiger partial charge in [-0.25, -0.2) is 0 Å². The first-order valence-corrected chi connectivity index (χ1v) is 13.0. The maximum Gasteiger partial charge on any atom is 0.153 e. The molecular weight excluding hydrogens is 477 g/mol. The highest BCUT2D eigenvalue weighted by Gasteiger charge is 2.26. The molecule has 3 aromatic carbocycles. The first-order valence-electron chi connectivity index (χ1n) is 12.1. The van der Waals surface area contributed by atoms with Crippen molar-refractivity contribution in [3.05, 3.63) is 66.7 Å². The number of alkyl halides is 1. The molecule has 0 radical (unpaired) electrons.